The summed E-state index contributed by atoms with van der Waals surface area (Å²) in [6.45, 7) is 5.17. The SMILES string of the molecule is CC(C)CCN1C(=O)CCC(N)C1c1c[nH]c2ccccc12. The maximum absolute atomic E-state index is 12.5. The second kappa shape index (κ2) is 6.13. The number of hydrogen-bond acceptors (Lipinski definition) is 2. The fourth-order valence-corrected chi connectivity index (χ4v) is 3.38. The highest BCUT2D eigenvalue weighted by Gasteiger charge is 2.35. The molecule has 4 heteroatoms. The Morgan fingerprint density at radius 2 is 2.14 bits per heavy atom. The quantitative estimate of drug-likeness (QED) is 0.910. The van der Waals surface area contributed by atoms with Gasteiger partial charge in [0.05, 0.1) is 6.04 Å². The molecule has 1 saturated heterocycles. The van der Waals surface area contributed by atoms with Gasteiger partial charge in [-0.3, -0.25) is 4.79 Å². The van der Waals surface area contributed by atoms with E-state index in [-0.39, 0.29) is 18.0 Å². The summed E-state index contributed by atoms with van der Waals surface area (Å²) in [5.41, 5.74) is 8.67. The molecular formula is C18H25N3O. The van der Waals surface area contributed by atoms with Crippen molar-refractivity contribution in [3.05, 3.63) is 36.0 Å². The molecule has 3 rings (SSSR count). The maximum atomic E-state index is 12.5. The van der Waals surface area contributed by atoms with Crippen LogP contribution in [-0.2, 0) is 4.79 Å². The van der Waals surface area contributed by atoms with Crippen LogP contribution in [0.3, 0.4) is 0 Å². The predicted octanol–water partition coefficient (Wildman–Crippen LogP) is 3.20. The van der Waals surface area contributed by atoms with Gasteiger partial charge in [-0.15, -0.1) is 0 Å². The van der Waals surface area contributed by atoms with Crippen LogP contribution in [0.4, 0.5) is 0 Å². The van der Waals surface area contributed by atoms with Gasteiger partial charge >= 0.3 is 0 Å². The summed E-state index contributed by atoms with van der Waals surface area (Å²) in [6, 6.07) is 8.21. The average Bonchev–Trinajstić information content (AvgIpc) is 2.91. The Hall–Kier alpha value is -1.81. The molecule has 1 aliphatic heterocycles. The van der Waals surface area contributed by atoms with Crippen LogP contribution in [0.25, 0.3) is 10.9 Å². The molecule has 2 atom stereocenters. The van der Waals surface area contributed by atoms with Gasteiger partial charge in [0.1, 0.15) is 0 Å². The number of fused-ring (bicyclic) bond motifs is 1. The van der Waals surface area contributed by atoms with Crippen LogP contribution in [0.1, 0.15) is 44.7 Å². The van der Waals surface area contributed by atoms with Crippen molar-refractivity contribution >= 4 is 16.8 Å². The van der Waals surface area contributed by atoms with Gasteiger partial charge in [-0.25, -0.2) is 0 Å². The molecule has 0 saturated carbocycles. The second-order valence-corrected chi connectivity index (χ2v) is 6.71. The summed E-state index contributed by atoms with van der Waals surface area (Å²) in [5, 5.41) is 1.17. The lowest BCUT2D eigenvalue weighted by Crippen LogP contribution is -2.49. The number of aromatic amines is 1. The lowest BCUT2D eigenvalue weighted by atomic mass is 9.89. The van der Waals surface area contributed by atoms with Crippen LogP contribution in [0.5, 0.6) is 0 Å². The molecule has 1 aliphatic rings. The van der Waals surface area contributed by atoms with E-state index in [4.69, 9.17) is 5.73 Å². The Bertz CT molecular complexity index is 661. The van der Waals surface area contributed by atoms with Gasteiger partial charge in [0.25, 0.3) is 0 Å². The molecule has 2 aromatic rings. The lowest BCUT2D eigenvalue weighted by Gasteiger charge is -2.40. The smallest absolute Gasteiger partial charge is 0.223 e. The number of carbonyl (C=O) groups excluding carboxylic acids is 1. The Kier molecular flexibility index (Phi) is 4.21. The van der Waals surface area contributed by atoms with E-state index in [1.807, 2.05) is 23.2 Å². The summed E-state index contributed by atoms with van der Waals surface area (Å²) >= 11 is 0. The third-order valence-corrected chi connectivity index (χ3v) is 4.64. The van der Waals surface area contributed by atoms with Crippen LogP contribution in [0, 0.1) is 5.92 Å². The number of benzene rings is 1. The molecule has 0 bridgehead atoms. The Morgan fingerprint density at radius 3 is 2.91 bits per heavy atom. The lowest BCUT2D eigenvalue weighted by molar-refractivity contribution is -0.137. The molecule has 1 aromatic heterocycles. The van der Waals surface area contributed by atoms with Gasteiger partial charge in [-0.1, -0.05) is 32.0 Å². The summed E-state index contributed by atoms with van der Waals surface area (Å²) in [4.78, 5) is 17.8. The second-order valence-electron chi connectivity index (χ2n) is 6.71. The summed E-state index contributed by atoms with van der Waals surface area (Å²) in [6.07, 6.45) is 4.37. The molecule has 2 heterocycles. The number of aromatic nitrogens is 1. The van der Waals surface area contributed by atoms with Crippen LogP contribution < -0.4 is 5.73 Å². The van der Waals surface area contributed by atoms with Crippen molar-refractivity contribution in [3.8, 4) is 0 Å². The van der Waals surface area contributed by atoms with E-state index in [0.717, 1.165) is 30.5 Å². The molecule has 1 fully saturated rings. The van der Waals surface area contributed by atoms with Gasteiger partial charge < -0.3 is 15.6 Å². The normalized spacial score (nSPS) is 22.7. The number of nitrogens with one attached hydrogen (secondary N) is 1. The fraction of sp³-hybridized carbons (Fsp3) is 0.500. The topological polar surface area (TPSA) is 62.1 Å². The maximum Gasteiger partial charge on any atom is 0.223 e. The van der Waals surface area contributed by atoms with Crippen molar-refractivity contribution in [3.63, 3.8) is 0 Å². The molecule has 1 aromatic carbocycles. The Morgan fingerprint density at radius 1 is 1.36 bits per heavy atom. The first-order valence-electron chi connectivity index (χ1n) is 8.19. The molecule has 0 spiro atoms. The highest BCUT2D eigenvalue weighted by molar-refractivity contribution is 5.85. The monoisotopic (exact) mass is 299 g/mol. The highest BCUT2D eigenvalue weighted by atomic mass is 16.2. The summed E-state index contributed by atoms with van der Waals surface area (Å²) in [7, 11) is 0. The van der Waals surface area contributed by atoms with E-state index in [0.29, 0.717) is 12.3 Å². The summed E-state index contributed by atoms with van der Waals surface area (Å²) < 4.78 is 0. The molecule has 3 N–H and O–H groups in total. The molecule has 118 valence electrons. The standard InChI is InChI=1S/C18H25N3O/c1-12(2)9-10-21-17(22)8-7-15(19)18(21)14-11-20-16-6-4-3-5-13(14)16/h3-6,11-12,15,18,20H,7-10,19H2,1-2H3. The fourth-order valence-electron chi connectivity index (χ4n) is 3.38. The van der Waals surface area contributed by atoms with E-state index in [1.165, 1.54) is 5.39 Å². The van der Waals surface area contributed by atoms with E-state index >= 15 is 0 Å². The number of piperidine rings is 1. The first-order valence-corrected chi connectivity index (χ1v) is 8.19. The van der Waals surface area contributed by atoms with Crippen LogP contribution >= 0.6 is 0 Å². The number of amides is 1. The Labute approximate surface area is 131 Å². The minimum absolute atomic E-state index is 0.00377. The van der Waals surface area contributed by atoms with E-state index in [2.05, 4.69) is 31.0 Å². The third kappa shape index (κ3) is 2.75. The number of nitrogens with zero attached hydrogens (tertiary/aromatic N) is 1. The van der Waals surface area contributed by atoms with Crippen molar-refractivity contribution in [2.45, 2.75) is 45.2 Å². The number of nitrogens with two attached hydrogens (primary N) is 1. The molecule has 0 radical (unpaired) electrons. The zero-order valence-corrected chi connectivity index (χ0v) is 13.4. The first kappa shape index (κ1) is 15.1. The van der Waals surface area contributed by atoms with Gasteiger partial charge in [0.15, 0.2) is 0 Å². The van der Waals surface area contributed by atoms with Gasteiger partial charge in [0, 0.05) is 41.7 Å². The first-order chi connectivity index (χ1) is 10.6. The van der Waals surface area contributed by atoms with Crippen molar-refractivity contribution in [1.29, 1.82) is 0 Å². The highest BCUT2D eigenvalue weighted by Crippen LogP contribution is 2.35. The van der Waals surface area contributed by atoms with Gasteiger partial charge in [0.2, 0.25) is 5.91 Å². The zero-order valence-electron chi connectivity index (χ0n) is 13.4. The number of hydrogen-bond donors (Lipinski definition) is 2. The predicted molar refractivity (Wildman–Crippen MR) is 89.4 cm³/mol. The number of rotatable bonds is 4. The zero-order chi connectivity index (χ0) is 15.7. The molecule has 0 aliphatic carbocycles. The van der Waals surface area contributed by atoms with Crippen LogP contribution in [-0.4, -0.2) is 28.4 Å². The van der Waals surface area contributed by atoms with Crippen molar-refractivity contribution < 1.29 is 4.79 Å². The average molecular weight is 299 g/mol. The third-order valence-electron chi connectivity index (χ3n) is 4.64. The van der Waals surface area contributed by atoms with Crippen molar-refractivity contribution in [1.82, 2.24) is 9.88 Å². The summed E-state index contributed by atoms with van der Waals surface area (Å²) in [5.74, 6) is 0.812. The number of carbonyl (C=O) groups is 1. The van der Waals surface area contributed by atoms with Crippen LogP contribution in [0.15, 0.2) is 30.5 Å². The molecule has 1 amide bonds. The molecule has 2 unspecified atom stereocenters. The molecule has 22 heavy (non-hydrogen) atoms. The van der Waals surface area contributed by atoms with Crippen molar-refractivity contribution in [2.75, 3.05) is 6.54 Å². The Balaban J connectivity index is 1.97. The van der Waals surface area contributed by atoms with E-state index in [9.17, 15) is 4.79 Å². The number of para-hydroxylation sites is 1. The van der Waals surface area contributed by atoms with Gasteiger partial charge in [-0.05, 0) is 24.8 Å². The minimum atomic E-state index is -0.0175. The van der Waals surface area contributed by atoms with Crippen molar-refractivity contribution in [2.24, 2.45) is 11.7 Å². The number of likely N-dealkylation sites (tertiary alicyclic amines) is 1. The molecular weight excluding hydrogens is 274 g/mol. The minimum Gasteiger partial charge on any atom is -0.361 e. The number of H-pyrrole nitrogens is 1. The molecule has 4 nitrogen and oxygen atoms in total. The van der Waals surface area contributed by atoms with E-state index < -0.39 is 0 Å². The van der Waals surface area contributed by atoms with Gasteiger partial charge in [-0.2, -0.15) is 0 Å². The van der Waals surface area contributed by atoms with Crippen LogP contribution in [0.2, 0.25) is 0 Å². The largest absolute Gasteiger partial charge is 0.361 e. The van der Waals surface area contributed by atoms with E-state index in [1.54, 1.807) is 0 Å².